The number of nitrogens with zero attached hydrogens (tertiary/aromatic N) is 2. The molecular weight excluding hydrogens is 484 g/mol. The first-order chi connectivity index (χ1) is 16.8. The number of Topliss-reactive ketones (excluding diaryl/α,β-unsaturated/α-hetero) is 1. The fourth-order valence-corrected chi connectivity index (χ4v) is 4.94. The van der Waals surface area contributed by atoms with Crippen molar-refractivity contribution in [1.29, 1.82) is 0 Å². The number of fused-ring (bicyclic) bond motifs is 1. The molecule has 0 atom stereocenters. The third-order valence-electron chi connectivity index (χ3n) is 5.79. The Kier molecular flexibility index (Phi) is 6.63. The summed E-state index contributed by atoms with van der Waals surface area (Å²) in [4.78, 5) is 41.8. The quantitative estimate of drug-likeness (QED) is 0.638. The van der Waals surface area contributed by atoms with Gasteiger partial charge in [-0.2, -0.15) is 0 Å². The highest BCUT2D eigenvalue weighted by molar-refractivity contribution is 7.89. The van der Waals surface area contributed by atoms with E-state index in [2.05, 4.69) is 10.2 Å². The van der Waals surface area contributed by atoms with E-state index in [0.29, 0.717) is 31.9 Å². The van der Waals surface area contributed by atoms with Gasteiger partial charge in [0.25, 0.3) is 0 Å². The van der Waals surface area contributed by atoms with Crippen LogP contribution < -0.4 is 15.4 Å². The summed E-state index contributed by atoms with van der Waals surface area (Å²) in [7, 11) is -4.19. The summed E-state index contributed by atoms with van der Waals surface area (Å²) in [6.07, 6.45) is 0.735. The van der Waals surface area contributed by atoms with Crippen LogP contribution in [-0.4, -0.2) is 62.8 Å². The van der Waals surface area contributed by atoms with Crippen LogP contribution in [0.4, 0.5) is 16.2 Å². The second-order valence-electron chi connectivity index (χ2n) is 9.57. The van der Waals surface area contributed by atoms with Crippen molar-refractivity contribution < 1.29 is 27.5 Å². The van der Waals surface area contributed by atoms with E-state index in [-0.39, 0.29) is 27.8 Å². The van der Waals surface area contributed by atoms with E-state index in [4.69, 9.17) is 9.88 Å². The van der Waals surface area contributed by atoms with Gasteiger partial charge in [0.1, 0.15) is 5.60 Å². The molecule has 2 aromatic rings. The molecule has 0 bridgehead atoms. The molecule has 4 rings (SSSR count). The van der Waals surface area contributed by atoms with Crippen molar-refractivity contribution in [3.63, 3.8) is 0 Å². The van der Waals surface area contributed by atoms with Crippen molar-refractivity contribution in [2.75, 3.05) is 36.4 Å². The van der Waals surface area contributed by atoms with Crippen molar-refractivity contribution in [2.24, 2.45) is 5.14 Å². The molecule has 1 saturated heterocycles. The Hall–Kier alpha value is -3.70. The Bertz CT molecular complexity index is 1370. The fraction of sp³-hybridized carbons (Fsp3) is 0.320. The molecule has 2 aliphatic rings. The van der Waals surface area contributed by atoms with Crippen molar-refractivity contribution in [3.05, 3.63) is 65.4 Å². The van der Waals surface area contributed by atoms with Crippen molar-refractivity contribution >= 4 is 39.1 Å². The smallest absolute Gasteiger partial charge is 0.410 e. The predicted molar refractivity (Wildman–Crippen MR) is 135 cm³/mol. The molecule has 1 amide bonds. The van der Waals surface area contributed by atoms with Gasteiger partial charge < -0.3 is 19.9 Å². The number of hydrogen-bond acceptors (Lipinski definition) is 8. The molecule has 10 nitrogen and oxygen atoms in total. The van der Waals surface area contributed by atoms with Gasteiger partial charge in [0.15, 0.2) is 5.78 Å². The zero-order chi connectivity index (χ0) is 26.3. The number of anilines is 2. The van der Waals surface area contributed by atoms with Gasteiger partial charge in [-0.1, -0.05) is 24.3 Å². The Balaban J connectivity index is 1.54. The molecule has 0 saturated carbocycles. The van der Waals surface area contributed by atoms with Gasteiger partial charge >= 0.3 is 6.09 Å². The number of allylic oxidation sites excluding steroid dienone is 2. The SMILES string of the molecule is CC(C)(C)OC(=O)N1CCN(c2ccccc2NC2=CC(=O)c3c(cccc3S(N)(=O)=O)C2=O)CC1. The van der Waals surface area contributed by atoms with E-state index < -0.39 is 27.2 Å². The van der Waals surface area contributed by atoms with E-state index in [1.807, 2.05) is 32.9 Å². The fourth-order valence-electron chi connectivity index (χ4n) is 4.17. The lowest BCUT2D eigenvalue weighted by Crippen LogP contribution is -2.50. The van der Waals surface area contributed by atoms with Crippen LogP contribution >= 0.6 is 0 Å². The third-order valence-corrected chi connectivity index (χ3v) is 6.74. The molecule has 2 aromatic carbocycles. The van der Waals surface area contributed by atoms with E-state index in [0.717, 1.165) is 11.8 Å². The lowest BCUT2D eigenvalue weighted by molar-refractivity contribution is 0.0240. The number of nitrogens with one attached hydrogen (secondary N) is 1. The number of ether oxygens (including phenoxy) is 1. The first-order valence-corrected chi connectivity index (χ1v) is 13.0. The number of benzene rings is 2. The Morgan fingerprint density at radius 1 is 1.00 bits per heavy atom. The minimum absolute atomic E-state index is 0.0268. The van der Waals surface area contributed by atoms with Gasteiger partial charge in [-0.3, -0.25) is 9.59 Å². The number of amides is 1. The largest absolute Gasteiger partial charge is 0.444 e. The molecule has 0 radical (unpaired) electrons. The van der Waals surface area contributed by atoms with Crippen molar-refractivity contribution in [3.8, 4) is 0 Å². The normalized spacial score (nSPS) is 16.4. The summed E-state index contributed by atoms with van der Waals surface area (Å²) in [5, 5.41) is 8.30. The lowest BCUT2D eigenvalue weighted by atomic mass is 9.92. The molecule has 1 aliphatic carbocycles. The highest BCUT2D eigenvalue weighted by atomic mass is 32.2. The molecule has 1 aliphatic heterocycles. The first kappa shape index (κ1) is 25.4. The zero-order valence-electron chi connectivity index (χ0n) is 20.3. The average Bonchev–Trinajstić information content (AvgIpc) is 2.81. The van der Waals surface area contributed by atoms with E-state index in [1.54, 1.807) is 17.0 Å². The molecule has 1 fully saturated rings. The minimum Gasteiger partial charge on any atom is -0.444 e. The number of rotatable bonds is 4. The number of sulfonamides is 1. The Morgan fingerprint density at radius 3 is 2.31 bits per heavy atom. The predicted octanol–water partition coefficient (Wildman–Crippen LogP) is 2.77. The molecule has 36 heavy (non-hydrogen) atoms. The van der Waals surface area contributed by atoms with Crippen LogP contribution in [0.1, 0.15) is 41.5 Å². The number of primary sulfonamides is 1. The third kappa shape index (κ3) is 5.26. The highest BCUT2D eigenvalue weighted by Crippen LogP contribution is 2.32. The standard InChI is InChI=1S/C25H28N4O6S/c1-25(2,3)35-24(32)29-13-11-28(12-14-29)19-9-5-4-8-17(19)27-18-15-20(30)22-16(23(18)31)7-6-10-21(22)36(26,33)34/h4-10,15,27H,11-14H2,1-3H3,(H2,26,33,34). The number of ketones is 2. The molecular formula is C25H28N4O6S. The van der Waals surface area contributed by atoms with Crippen LogP contribution in [0.25, 0.3) is 0 Å². The highest BCUT2D eigenvalue weighted by Gasteiger charge is 2.32. The second kappa shape index (κ2) is 9.40. The van der Waals surface area contributed by atoms with Crippen molar-refractivity contribution in [2.45, 2.75) is 31.3 Å². The van der Waals surface area contributed by atoms with Crippen LogP contribution in [0.2, 0.25) is 0 Å². The van der Waals surface area contributed by atoms with Gasteiger partial charge in [-0.15, -0.1) is 0 Å². The van der Waals surface area contributed by atoms with Crippen LogP contribution in [0.15, 0.2) is 59.1 Å². The second-order valence-corrected chi connectivity index (χ2v) is 11.1. The Labute approximate surface area is 209 Å². The topological polar surface area (TPSA) is 139 Å². The van der Waals surface area contributed by atoms with Gasteiger partial charge in [0.05, 0.1) is 27.5 Å². The molecule has 3 N–H and O–H groups in total. The summed E-state index contributed by atoms with van der Waals surface area (Å²) < 4.78 is 29.3. The summed E-state index contributed by atoms with van der Waals surface area (Å²) in [6.45, 7) is 7.49. The maximum absolute atomic E-state index is 13.2. The molecule has 0 aromatic heterocycles. The van der Waals surface area contributed by atoms with Gasteiger partial charge in [0, 0.05) is 37.8 Å². The monoisotopic (exact) mass is 512 g/mol. The number of carbonyl (C=O) groups is 3. The van der Waals surface area contributed by atoms with Gasteiger partial charge in [-0.05, 0) is 39.0 Å². The maximum atomic E-state index is 13.2. The van der Waals surface area contributed by atoms with E-state index in [1.165, 1.54) is 18.2 Å². The van der Waals surface area contributed by atoms with E-state index >= 15 is 0 Å². The first-order valence-electron chi connectivity index (χ1n) is 11.4. The van der Waals surface area contributed by atoms with Gasteiger partial charge in [-0.25, -0.2) is 18.4 Å². The summed E-state index contributed by atoms with van der Waals surface area (Å²) in [5.74, 6) is -1.14. The molecule has 1 heterocycles. The molecule has 0 spiro atoms. The maximum Gasteiger partial charge on any atom is 0.410 e. The van der Waals surface area contributed by atoms with Gasteiger partial charge in [0.2, 0.25) is 15.8 Å². The summed E-state index contributed by atoms with van der Waals surface area (Å²) in [5.41, 5.74) is 0.602. The average molecular weight is 513 g/mol. The van der Waals surface area contributed by atoms with Crippen LogP contribution in [0.3, 0.4) is 0 Å². The number of nitrogens with two attached hydrogens (primary N) is 1. The number of para-hydroxylation sites is 2. The lowest BCUT2D eigenvalue weighted by Gasteiger charge is -2.37. The van der Waals surface area contributed by atoms with Crippen LogP contribution in [0, 0.1) is 0 Å². The number of hydrogen-bond donors (Lipinski definition) is 2. The summed E-state index contributed by atoms with van der Waals surface area (Å²) >= 11 is 0. The van der Waals surface area contributed by atoms with Crippen molar-refractivity contribution in [1.82, 2.24) is 4.90 Å². The summed E-state index contributed by atoms with van der Waals surface area (Å²) in [6, 6.07) is 11.3. The minimum atomic E-state index is -4.19. The van der Waals surface area contributed by atoms with E-state index in [9.17, 15) is 22.8 Å². The van der Waals surface area contributed by atoms with Crippen LogP contribution in [0.5, 0.6) is 0 Å². The Morgan fingerprint density at radius 2 is 1.67 bits per heavy atom. The van der Waals surface area contributed by atoms with Crippen LogP contribution in [-0.2, 0) is 14.8 Å². The number of piperazine rings is 1. The molecule has 0 unspecified atom stereocenters. The number of carbonyl (C=O) groups excluding carboxylic acids is 3. The zero-order valence-corrected chi connectivity index (χ0v) is 21.1. The molecule has 190 valence electrons. The molecule has 11 heteroatoms.